The molecule has 1 aromatic carbocycles. The molecule has 0 heterocycles. The second kappa shape index (κ2) is 6.44. The monoisotopic (exact) mass is 265 g/mol. The summed E-state index contributed by atoms with van der Waals surface area (Å²) in [7, 11) is 2.88. The van der Waals surface area contributed by atoms with E-state index in [1.807, 2.05) is 0 Å². The van der Waals surface area contributed by atoms with Crippen LogP contribution in [-0.4, -0.2) is 31.2 Å². The Morgan fingerprint density at radius 1 is 1.26 bits per heavy atom. The van der Waals surface area contributed by atoms with Gasteiger partial charge < -0.3 is 20.3 Å². The van der Waals surface area contributed by atoms with Gasteiger partial charge >= 0.3 is 5.97 Å². The van der Waals surface area contributed by atoms with E-state index >= 15 is 0 Å². The number of rotatable bonds is 6. The van der Waals surface area contributed by atoms with Gasteiger partial charge in [0.2, 0.25) is 5.91 Å². The van der Waals surface area contributed by atoms with Gasteiger partial charge in [-0.3, -0.25) is 4.79 Å². The molecule has 0 aliphatic carbocycles. The lowest BCUT2D eigenvalue weighted by molar-refractivity contribution is -0.117. The molecule has 6 nitrogen and oxygen atoms in total. The van der Waals surface area contributed by atoms with E-state index in [1.54, 1.807) is 0 Å². The molecule has 0 atom stereocenters. The van der Waals surface area contributed by atoms with Gasteiger partial charge in [-0.25, -0.2) is 4.79 Å². The van der Waals surface area contributed by atoms with E-state index in [-0.39, 0.29) is 12.0 Å². The summed E-state index contributed by atoms with van der Waals surface area (Å²) >= 11 is 0. The van der Waals surface area contributed by atoms with Crippen LogP contribution in [0.15, 0.2) is 18.2 Å². The predicted octanol–water partition coefficient (Wildman–Crippen LogP) is 1.29. The average Bonchev–Trinajstić information content (AvgIpc) is 2.37. The van der Waals surface area contributed by atoms with E-state index in [0.29, 0.717) is 17.1 Å². The van der Waals surface area contributed by atoms with E-state index in [1.165, 1.54) is 38.5 Å². The predicted molar refractivity (Wildman–Crippen MR) is 69.4 cm³/mol. The average molecular weight is 265 g/mol. The van der Waals surface area contributed by atoms with Crippen LogP contribution in [0, 0.1) is 0 Å². The Kier molecular flexibility index (Phi) is 4.93. The molecule has 0 bridgehead atoms. The van der Waals surface area contributed by atoms with Gasteiger partial charge in [-0.1, -0.05) is 12.2 Å². The molecule has 3 N–H and O–H groups in total. The molecule has 1 aromatic rings. The number of hydrogen-bond donors (Lipinski definition) is 2. The Bertz CT molecular complexity index is 522. The summed E-state index contributed by atoms with van der Waals surface area (Å²) in [6.07, 6.45) is 3.04. The molecule has 0 spiro atoms. The molecule has 1 rings (SSSR count). The van der Waals surface area contributed by atoms with Crippen molar-refractivity contribution in [3.63, 3.8) is 0 Å². The van der Waals surface area contributed by atoms with Crippen LogP contribution in [0.1, 0.15) is 22.3 Å². The fourth-order valence-corrected chi connectivity index (χ4v) is 1.52. The van der Waals surface area contributed by atoms with Gasteiger partial charge in [-0.05, 0) is 17.7 Å². The lowest BCUT2D eigenvalue weighted by atomic mass is 10.1. The van der Waals surface area contributed by atoms with Crippen molar-refractivity contribution in [2.45, 2.75) is 6.42 Å². The number of hydrogen-bond acceptors (Lipinski definition) is 4. The Morgan fingerprint density at radius 3 is 2.32 bits per heavy atom. The van der Waals surface area contributed by atoms with Gasteiger partial charge in [0.25, 0.3) is 0 Å². The second-order valence-corrected chi connectivity index (χ2v) is 3.67. The summed E-state index contributed by atoms with van der Waals surface area (Å²) in [6.45, 7) is 0. The van der Waals surface area contributed by atoms with Crippen molar-refractivity contribution < 1.29 is 24.2 Å². The van der Waals surface area contributed by atoms with Crippen LogP contribution < -0.4 is 15.2 Å². The Labute approximate surface area is 110 Å². The quantitative estimate of drug-likeness (QED) is 0.807. The lowest BCUT2D eigenvalue weighted by Gasteiger charge is -2.10. The molecular weight excluding hydrogens is 250 g/mol. The number of ether oxygens (including phenoxy) is 2. The second-order valence-electron chi connectivity index (χ2n) is 3.67. The maximum absolute atomic E-state index is 11.2. The smallest absolute Gasteiger partial charge is 0.336 e. The maximum Gasteiger partial charge on any atom is 0.336 e. The van der Waals surface area contributed by atoms with Crippen LogP contribution in [0.5, 0.6) is 11.5 Å². The minimum Gasteiger partial charge on any atom is -0.493 e. The zero-order valence-electron chi connectivity index (χ0n) is 10.7. The number of carboxylic acids is 1. The highest BCUT2D eigenvalue weighted by atomic mass is 16.5. The van der Waals surface area contributed by atoms with Crippen molar-refractivity contribution in [2.75, 3.05) is 14.2 Å². The first kappa shape index (κ1) is 14.6. The normalized spacial score (nSPS) is 10.4. The third-order valence-corrected chi connectivity index (χ3v) is 2.40. The van der Waals surface area contributed by atoms with Crippen molar-refractivity contribution in [3.05, 3.63) is 29.3 Å². The summed E-state index contributed by atoms with van der Waals surface area (Å²) in [5, 5.41) is 9.14. The number of carboxylic acid groups (broad SMARTS) is 1. The molecule has 0 aromatic heterocycles. The standard InChI is InChI=1S/C13H15NO5/c1-18-10-6-8(4-3-5-12(14)15)9(13(16)17)7-11(10)19-2/h3-4,6-7H,5H2,1-2H3,(H2,14,15)(H,16,17). The zero-order chi connectivity index (χ0) is 14.4. The highest BCUT2D eigenvalue weighted by molar-refractivity contribution is 5.93. The molecule has 0 aliphatic rings. The van der Waals surface area contributed by atoms with Crippen molar-refractivity contribution >= 4 is 18.0 Å². The van der Waals surface area contributed by atoms with Gasteiger partial charge in [-0.2, -0.15) is 0 Å². The lowest BCUT2D eigenvalue weighted by Crippen LogP contribution is -2.08. The number of carbonyl (C=O) groups excluding carboxylic acids is 1. The topological polar surface area (TPSA) is 98.9 Å². The van der Waals surface area contributed by atoms with Gasteiger partial charge in [0, 0.05) is 6.42 Å². The maximum atomic E-state index is 11.2. The van der Waals surface area contributed by atoms with E-state index in [4.69, 9.17) is 20.3 Å². The SMILES string of the molecule is COc1cc(C=CCC(N)=O)c(C(=O)O)cc1OC. The number of nitrogens with two attached hydrogens (primary N) is 1. The van der Waals surface area contributed by atoms with E-state index in [0.717, 1.165) is 0 Å². The van der Waals surface area contributed by atoms with Crippen LogP contribution in [0.2, 0.25) is 0 Å². The summed E-state index contributed by atoms with van der Waals surface area (Å²) < 4.78 is 10.1. The number of methoxy groups -OCH3 is 2. The van der Waals surface area contributed by atoms with Gasteiger partial charge in [0.1, 0.15) is 0 Å². The summed E-state index contributed by atoms with van der Waals surface area (Å²) in [5.74, 6) is -0.855. The molecule has 0 fully saturated rings. The number of primary amides is 1. The zero-order valence-corrected chi connectivity index (χ0v) is 10.7. The minimum atomic E-state index is -1.10. The van der Waals surface area contributed by atoms with Crippen molar-refractivity contribution in [1.82, 2.24) is 0 Å². The Morgan fingerprint density at radius 2 is 1.84 bits per heavy atom. The molecular formula is C13H15NO5. The molecule has 0 saturated carbocycles. The van der Waals surface area contributed by atoms with Crippen LogP contribution in [0.25, 0.3) is 6.08 Å². The van der Waals surface area contributed by atoms with Crippen LogP contribution in [0.3, 0.4) is 0 Å². The van der Waals surface area contributed by atoms with Gasteiger partial charge in [0.05, 0.1) is 19.8 Å². The summed E-state index contributed by atoms with van der Waals surface area (Å²) in [4.78, 5) is 21.8. The number of carbonyl (C=O) groups is 2. The summed E-state index contributed by atoms with van der Waals surface area (Å²) in [6, 6.07) is 2.89. The molecule has 102 valence electrons. The first-order chi connectivity index (χ1) is 8.99. The molecule has 0 aliphatic heterocycles. The van der Waals surface area contributed by atoms with Crippen molar-refractivity contribution in [3.8, 4) is 11.5 Å². The fourth-order valence-electron chi connectivity index (χ4n) is 1.52. The fraction of sp³-hybridized carbons (Fsp3) is 0.231. The highest BCUT2D eigenvalue weighted by Gasteiger charge is 2.14. The molecule has 1 amide bonds. The third kappa shape index (κ3) is 3.74. The highest BCUT2D eigenvalue weighted by Crippen LogP contribution is 2.31. The number of benzene rings is 1. The van der Waals surface area contributed by atoms with Gasteiger partial charge in [0.15, 0.2) is 11.5 Å². The van der Waals surface area contributed by atoms with Crippen LogP contribution >= 0.6 is 0 Å². The summed E-state index contributed by atoms with van der Waals surface area (Å²) in [5.41, 5.74) is 5.47. The first-order valence-electron chi connectivity index (χ1n) is 5.43. The Hall–Kier alpha value is -2.50. The third-order valence-electron chi connectivity index (χ3n) is 2.40. The first-order valence-corrected chi connectivity index (χ1v) is 5.43. The van der Waals surface area contributed by atoms with Gasteiger partial charge in [-0.15, -0.1) is 0 Å². The molecule has 19 heavy (non-hydrogen) atoms. The van der Waals surface area contributed by atoms with Crippen LogP contribution in [0.4, 0.5) is 0 Å². The number of amides is 1. The van der Waals surface area contributed by atoms with E-state index in [2.05, 4.69) is 0 Å². The van der Waals surface area contributed by atoms with E-state index < -0.39 is 11.9 Å². The molecule has 0 radical (unpaired) electrons. The van der Waals surface area contributed by atoms with Crippen LogP contribution in [-0.2, 0) is 4.79 Å². The number of aromatic carboxylic acids is 1. The van der Waals surface area contributed by atoms with Crippen molar-refractivity contribution in [2.24, 2.45) is 5.73 Å². The van der Waals surface area contributed by atoms with E-state index in [9.17, 15) is 9.59 Å². The molecule has 0 saturated heterocycles. The largest absolute Gasteiger partial charge is 0.493 e. The Balaban J connectivity index is 3.23. The minimum absolute atomic E-state index is 0.0351. The van der Waals surface area contributed by atoms with Crippen molar-refractivity contribution in [1.29, 1.82) is 0 Å². The molecule has 6 heteroatoms. The molecule has 0 unspecified atom stereocenters.